The third kappa shape index (κ3) is 4.35. The number of carbonyl (C=O) groups is 2. The fourth-order valence-electron chi connectivity index (χ4n) is 3.82. The van der Waals surface area contributed by atoms with Crippen LogP contribution in [0.5, 0.6) is 0 Å². The van der Waals surface area contributed by atoms with Gasteiger partial charge in [-0.2, -0.15) is 0 Å². The summed E-state index contributed by atoms with van der Waals surface area (Å²) in [4.78, 5) is 28.4. The van der Waals surface area contributed by atoms with E-state index in [0.717, 1.165) is 45.3 Å². The summed E-state index contributed by atoms with van der Waals surface area (Å²) in [5.74, 6) is 0.302. The average molecular weight is 330 g/mol. The van der Waals surface area contributed by atoms with Gasteiger partial charge in [-0.15, -0.1) is 12.4 Å². The van der Waals surface area contributed by atoms with Crippen molar-refractivity contribution in [2.75, 3.05) is 26.2 Å². The van der Waals surface area contributed by atoms with E-state index >= 15 is 0 Å². The predicted molar refractivity (Wildman–Crippen MR) is 88.1 cm³/mol. The molecule has 0 aliphatic carbocycles. The first-order valence-corrected chi connectivity index (χ1v) is 8.54. The van der Waals surface area contributed by atoms with E-state index in [0.29, 0.717) is 18.5 Å². The van der Waals surface area contributed by atoms with E-state index < -0.39 is 0 Å². The van der Waals surface area contributed by atoms with E-state index in [9.17, 15) is 9.59 Å². The van der Waals surface area contributed by atoms with E-state index in [1.807, 2.05) is 4.90 Å². The Hall–Kier alpha value is -0.810. The number of hydrogen-bond donors (Lipinski definition) is 1. The summed E-state index contributed by atoms with van der Waals surface area (Å²) in [5, 5.41) is 3.59. The molecule has 1 N–H and O–H groups in total. The summed E-state index contributed by atoms with van der Waals surface area (Å²) >= 11 is 0. The van der Waals surface area contributed by atoms with Gasteiger partial charge < -0.3 is 15.1 Å². The van der Waals surface area contributed by atoms with Crippen LogP contribution in [0.1, 0.15) is 51.4 Å². The second-order valence-corrected chi connectivity index (χ2v) is 6.75. The first kappa shape index (κ1) is 17.5. The second kappa shape index (κ2) is 8.16. The molecular formula is C16H28ClN3O2. The summed E-state index contributed by atoms with van der Waals surface area (Å²) in [6.07, 6.45) is 8.42. The quantitative estimate of drug-likeness (QED) is 0.836. The summed E-state index contributed by atoms with van der Waals surface area (Å²) in [6, 6.07) is 1.06. The van der Waals surface area contributed by atoms with Gasteiger partial charge in [-0.1, -0.05) is 12.8 Å². The van der Waals surface area contributed by atoms with Crippen molar-refractivity contribution in [1.82, 2.24) is 15.1 Å². The molecule has 22 heavy (non-hydrogen) atoms. The highest BCUT2D eigenvalue weighted by atomic mass is 35.5. The number of carbonyl (C=O) groups excluding carboxylic acids is 2. The van der Waals surface area contributed by atoms with E-state index in [4.69, 9.17) is 0 Å². The Bertz CT molecular complexity index is 405. The SMILES string of the molecule is Cl.O=C1CCCCCCN1CC(=O)N1CCC2CCC(C1)N2. The van der Waals surface area contributed by atoms with Gasteiger partial charge in [-0.3, -0.25) is 9.59 Å². The molecule has 0 aromatic carbocycles. The molecule has 0 aromatic heterocycles. The smallest absolute Gasteiger partial charge is 0.242 e. The monoisotopic (exact) mass is 329 g/mol. The maximum atomic E-state index is 12.5. The minimum Gasteiger partial charge on any atom is -0.340 e. The number of nitrogens with zero attached hydrogens (tertiary/aromatic N) is 2. The lowest BCUT2D eigenvalue weighted by molar-refractivity contribution is -0.141. The lowest BCUT2D eigenvalue weighted by atomic mass is 10.1. The molecule has 2 unspecified atom stereocenters. The van der Waals surface area contributed by atoms with Gasteiger partial charge in [0.15, 0.2) is 0 Å². The number of amides is 2. The van der Waals surface area contributed by atoms with Crippen LogP contribution in [0.3, 0.4) is 0 Å². The highest BCUT2D eigenvalue weighted by molar-refractivity contribution is 5.85. The Labute approximate surface area is 139 Å². The molecule has 0 spiro atoms. The standard InChI is InChI=1S/C16H27N3O2.ClH/c20-15-5-3-1-2-4-9-18(15)12-16(21)19-10-8-13-6-7-14(11-19)17-13;/h13-14,17H,1-12H2;1H. The number of likely N-dealkylation sites (tertiary alicyclic amines) is 2. The highest BCUT2D eigenvalue weighted by Crippen LogP contribution is 2.20. The molecular weight excluding hydrogens is 302 g/mol. The molecule has 3 fully saturated rings. The maximum Gasteiger partial charge on any atom is 0.242 e. The highest BCUT2D eigenvalue weighted by Gasteiger charge is 2.31. The van der Waals surface area contributed by atoms with Crippen LogP contribution in [0.2, 0.25) is 0 Å². The summed E-state index contributed by atoms with van der Waals surface area (Å²) in [5.41, 5.74) is 0. The molecule has 3 saturated heterocycles. The van der Waals surface area contributed by atoms with Crippen molar-refractivity contribution in [3.05, 3.63) is 0 Å². The predicted octanol–water partition coefficient (Wildman–Crippen LogP) is 1.55. The van der Waals surface area contributed by atoms with Crippen molar-refractivity contribution in [2.45, 2.75) is 63.5 Å². The van der Waals surface area contributed by atoms with Gasteiger partial charge in [-0.05, 0) is 32.1 Å². The average Bonchev–Trinajstić information content (AvgIpc) is 2.77. The van der Waals surface area contributed by atoms with Gasteiger partial charge in [0.25, 0.3) is 0 Å². The van der Waals surface area contributed by atoms with E-state index in [2.05, 4.69) is 5.32 Å². The van der Waals surface area contributed by atoms with Crippen LogP contribution in [0, 0.1) is 0 Å². The lowest BCUT2D eigenvalue weighted by Crippen LogP contribution is -2.46. The van der Waals surface area contributed by atoms with Gasteiger partial charge in [0.2, 0.25) is 11.8 Å². The van der Waals surface area contributed by atoms with Gasteiger partial charge in [0, 0.05) is 38.1 Å². The molecule has 3 aliphatic rings. The number of hydrogen-bond acceptors (Lipinski definition) is 3. The Kier molecular flexibility index (Phi) is 6.50. The minimum absolute atomic E-state index is 0. The Morgan fingerprint density at radius 2 is 1.82 bits per heavy atom. The molecule has 2 bridgehead atoms. The van der Waals surface area contributed by atoms with E-state index in [-0.39, 0.29) is 30.8 Å². The van der Waals surface area contributed by atoms with Crippen molar-refractivity contribution >= 4 is 24.2 Å². The Balaban J connectivity index is 0.00000176. The molecule has 0 radical (unpaired) electrons. The zero-order valence-corrected chi connectivity index (χ0v) is 14.1. The molecule has 2 atom stereocenters. The number of rotatable bonds is 2. The van der Waals surface area contributed by atoms with Crippen molar-refractivity contribution in [1.29, 1.82) is 0 Å². The lowest BCUT2D eigenvalue weighted by Gasteiger charge is -2.29. The number of halogens is 1. The normalized spacial score (nSPS) is 29.4. The third-order valence-electron chi connectivity index (χ3n) is 5.12. The van der Waals surface area contributed by atoms with Crippen LogP contribution >= 0.6 is 12.4 Å². The molecule has 2 amide bonds. The molecule has 6 heteroatoms. The maximum absolute atomic E-state index is 12.5. The van der Waals surface area contributed by atoms with Gasteiger partial charge in [0.05, 0.1) is 6.54 Å². The molecule has 5 nitrogen and oxygen atoms in total. The van der Waals surface area contributed by atoms with E-state index in [1.54, 1.807) is 4.90 Å². The van der Waals surface area contributed by atoms with Crippen LogP contribution in [0.15, 0.2) is 0 Å². The second-order valence-electron chi connectivity index (χ2n) is 6.75. The van der Waals surface area contributed by atoms with Crippen LogP contribution in [0.25, 0.3) is 0 Å². The number of nitrogens with one attached hydrogen (secondary N) is 1. The topological polar surface area (TPSA) is 52.7 Å². The molecule has 3 rings (SSSR count). The molecule has 126 valence electrons. The van der Waals surface area contributed by atoms with Crippen LogP contribution in [-0.2, 0) is 9.59 Å². The van der Waals surface area contributed by atoms with Crippen molar-refractivity contribution in [3.8, 4) is 0 Å². The first-order chi connectivity index (χ1) is 10.2. The fourth-order valence-corrected chi connectivity index (χ4v) is 3.82. The van der Waals surface area contributed by atoms with Gasteiger partial charge in [0.1, 0.15) is 0 Å². The van der Waals surface area contributed by atoms with Crippen LogP contribution in [-0.4, -0.2) is 59.9 Å². The molecule has 0 saturated carbocycles. The Morgan fingerprint density at radius 1 is 1.05 bits per heavy atom. The van der Waals surface area contributed by atoms with Crippen molar-refractivity contribution in [3.63, 3.8) is 0 Å². The zero-order valence-electron chi connectivity index (χ0n) is 13.3. The summed E-state index contributed by atoms with van der Waals surface area (Å²) in [6.45, 7) is 2.70. The van der Waals surface area contributed by atoms with Gasteiger partial charge in [-0.25, -0.2) is 0 Å². The molecule has 0 aromatic rings. The van der Waals surface area contributed by atoms with Crippen LogP contribution in [0.4, 0.5) is 0 Å². The molecule has 3 aliphatic heterocycles. The fraction of sp³-hybridized carbons (Fsp3) is 0.875. The summed E-state index contributed by atoms with van der Waals surface area (Å²) < 4.78 is 0. The minimum atomic E-state index is 0. The first-order valence-electron chi connectivity index (χ1n) is 8.54. The zero-order chi connectivity index (χ0) is 14.7. The van der Waals surface area contributed by atoms with Crippen LogP contribution < -0.4 is 5.32 Å². The molecule has 3 heterocycles. The van der Waals surface area contributed by atoms with Crippen molar-refractivity contribution in [2.24, 2.45) is 0 Å². The van der Waals surface area contributed by atoms with Gasteiger partial charge >= 0.3 is 0 Å². The Morgan fingerprint density at radius 3 is 2.68 bits per heavy atom. The number of fused-ring (bicyclic) bond motifs is 2. The largest absolute Gasteiger partial charge is 0.340 e. The summed E-state index contributed by atoms with van der Waals surface area (Å²) in [7, 11) is 0. The van der Waals surface area contributed by atoms with Crippen molar-refractivity contribution < 1.29 is 9.59 Å². The third-order valence-corrected chi connectivity index (χ3v) is 5.12. The van der Waals surface area contributed by atoms with E-state index in [1.165, 1.54) is 19.3 Å².